The lowest BCUT2D eigenvalue weighted by Crippen LogP contribution is -2.34. The smallest absolute Gasteiger partial charge is 0.376 e. The second-order valence-electron chi connectivity index (χ2n) is 6.64. The molecule has 27 heavy (non-hydrogen) atoms. The number of fused-ring (bicyclic) bond motifs is 1. The molecule has 1 unspecified atom stereocenters. The Balaban J connectivity index is 1.80. The van der Waals surface area contributed by atoms with Crippen molar-refractivity contribution < 1.29 is 17.9 Å². The van der Waals surface area contributed by atoms with Crippen LogP contribution < -0.4 is 5.69 Å². The van der Waals surface area contributed by atoms with Gasteiger partial charge < -0.3 is 4.74 Å². The molecule has 8 heteroatoms. The summed E-state index contributed by atoms with van der Waals surface area (Å²) in [7, 11) is 0. The summed E-state index contributed by atoms with van der Waals surface area (Å²) in [6.45, 7) is 2.76. The van der Waals surface area contributed by atoms with Crippen molar-refractivity contribution in [2.45, 2.75) is 38.6 Å². The van der Waals surface area contributed by atoms with Gasteiger partial charge in [0.25, 0.3) is 0 Å². The SMILES string of the molecule is CCc1ccc(-c2cnc3[nH]c(=O)n(CC4CCO4)c3c2)cc1C(F)(F)F. The first-order chi connectivity index (χ1) is 12.9. The number of hydrogen-bond donors (Lipinski definition) is 1. The average molecular weight is 377 g/mol. The number of pyridine rings is 1. The highest BCUT2D eigenvalue weighted by Gasteiger charge is 2.33. The predicted molar refractivity (Wildman–Crippen MR) is 94.5 cm³/mol. The number of imidazole rings is 1. The van der Waals surface area contributed by atoms with Crippen LogP contribution in [0, 0.1) is 0 Å². The lowest BCUT2D eigenvalue weighted by molar-refractivity contribution is -0.138. The Bertz CT molecular complexity index is 1050. The largest absolute Gasteiger partial charge is 0.416 e. The second-order valence-corrected chi connectivity index (χ2v) is 6.64. The summed E-state index contributed by atoms with van der Waals surface area (Å²) in [4.78, 5) is 19.1. The minimum absolute atomic E-state index is 0.0222. The fourth-order valence-corrected chi connectivity index (χ4v) is 3.33. The van der Waals surface area contributed by atoms with Crippen LogP contribution in [0.3, 0.4) is 0 Å². The number of halogens is 3. The van der Waals surface area contributed by atoms with Gasteiger partial charge in [-0.15, -0.1) is 0 Å². The third-order valence-electron chi connectivity index (χ3n) is 4.94. The highest BCUT2D eigenvalue weighted by molar-refractivity contribution is 5.78. The van der Waals surface area contributed by atoms with E-state index in [4.69, 9.17) is 4.74 Å². The molecule has 1 aromatic carbocycles. The van der Waals surface area contributed by atoms with Crippen molar-refractivity contribution in [2.75, 3.05) is 6.61 Å². The first-order valence-electron chi connectivity index (χ1n) is 8.77. The van der Waals surface area contributed by atoms with E-state index in [0.29, 0.717) is 41.9 Å². The van der Waals surface area contributed by atoms with Gasteiger partial charge >= 0.3 is 11.9 Å². The molecule has 1 aliphatic rings. The number of benzene rings is 1. The van der Waals surface area contributed by atoms with Crippen molar-refractivity contribution in [3.05, 3.63) is 52.1 Å². The van der Waals surface area contributed by atoms with Crippen LogP contribution >= 0.6 is 0 Å². The minimum atomic E-state index is -4.42. The number of H-pyrrole nitrogens is 1. The lowest BCUT2D eigenvalue weighted by Gasteiger charge is -2.26. The fraction of sp³-hybridized carbons (Fsp3) is 0.368. The van der Waals surface area contributed by atoms with Gasteiger partial charge in [-0.2, -0.15) is 13.2 Å². The molecule has 0 saturated carbocycles. The van der Waals surface area contributed by atoms with Gasteiger partial charge in [-0.1, -0.05) is 19.1 Å². The Morgan fingerprint density at radius 1 is 1.30 bits per heavy atom. The number of rotatable bonds is 4. The topological polar surface area (TPSA) is 59.9 Å². The van der Waals surface area contributed by atoms with Crippen LogP contribution in [-0.2, 0) is 23.9 Å². The van der Waals surface area contributed by atoms with Crippen LogP contribution in [0.4, 0.5) is 13.2 Å². The Hall–Kier alpha value is -2.61. The molecule has 1 atom stereocenters. The maximum Gasteiger partial charge on any atom is 0.416 e. The Morgan fingerprint density at radius 3 is 2.70 bits per heavy atom. The van der Waals surface area contributed by atoms with Crippen LogP contribution in [-0.4, -0.2) is 27.2 Å². The van der Waals surface area contributed by atoms with E-state index >= 15 is 0 Å². The van der Waals surface area contributed by atoms with Gasteiger partial charge in [0.1, 0.15) is 0 Å². The molecular weight excluding hydrogens is 359 g/mol. The molecule has 0 radical (unpaired) electrons. The molecule has 4 rings (SSSR count). The monoisotopic (exact) mass is 377 g/mol. The average Bonchev–Trinajstić information content (AvgIpc) is 2.91. The van der Waals surface area contributed by atoms with E-state index in [0.717, 1.165) is 12.5 Å². The first kappa shape index (κ1) is 17.8. The molecule has 1 saturated heterocycles. The Morgan fingerprint density at radius 2 is 2.07 bits per heavy atom. The Kier molecular flexibility index (Phi) is 4.30. The fourth-order valence-electron chi connectivity index (χ4n) is 3.33. The van der Waals surface area contributed by atoms with Crippen molar-refractivity contribution in [2.24, 2.45) is 0 Å². The minimum Gasteiger partial charge on any atom is -0.376 e. The summed E-state index contributed by atoms with van der Waals surface area (Å²) in [5.74, 6) is 0. The summed E-state index contributed by atoms with van der Waals surface area (Å²) in [6.07, 6.45) is -1.80. The predicted octanol–water partition coefficient (Wildman–Crippen LogP) is 3.76. The molecule has 0 spiro atoms. The number of nitrogens with one attached hydrogen (secondary N) is 1. The molecule has 1 aliphatic heterocycles. The van der Waals surface area contributed by atoms with Crippen molar-refractivity contribution >= 4 is 11.2 Å². The number of nitrogens with zero attached hydrogens (tertiary/aromatic N) is 2. The summed E-state index contributed by atoms with van der Waals surface area (Å²) >= 11 is 0. The molecule has 5 nitrogen and oxygen atoms in total. The van der Waals surface area contributed by atoms with Crippen LogP contribution in [0.2, 0.25) is 0 Å². The number of aromatic nitrogens is 3. The molecule has 3 aromatic rings. The molecular formula is C19H18F3N3O2. The van der Waals surface area contributed by atoms with Gasteiger partial charge in [-0.05, 0) is 36.1 Å². The Labute approximate surface area is 152 Å². The van der Waals surface area contributed by atoms with Crippen molar-refractivity contribution in [3.63, 3.8) is 0 Å². The zero-order chi connectivity index (χ0) is 19.2. The number of ether oxygens (including phenoxy) is 1. The standard InChI is InChI=1S/C19H18F3N3O2/c1-2-11-3-4-12(7-15(11)19(20,21)22)13-8-16-17(23-9-13)24-18(26)25(16)10-14-5-6-27-14/h3-4,7-9,14H,2,5-6,10H2,1H3,(H,23,24,26). The van der Waals surface area contributed by atoms with Gasteiger partial charge in [0.05, 0.1) is 23.7 Å². The van der Waals surface area contributed by atoms with E-state index in [1.54, 1.807) is 19.1 Å². The molecule has 1 fully saturated rings. The van der Waals surface area contributed by atoms with Crippen molar-refractivity contribution in [3.8, 4) is 11.1 Å². The highest BCUT2D eigenvalue weighted by atomic mass is 19.4. The first-order valence-corrected chi connectivity index (χ1v) is 8.77. The van der Waals surface area contributed by atoms with Crippen molar-refractivity contribution in [1.29, 1.82) is 0 Å². The van der Waals surface area contributed by atoms with Crippen LogP contribution in [0.5, 0.6) is 0 Å². The quantitative estimate of drug-likeness (QED) is 0.753. The highest BCUT2D eigenvalue weighted by Crippen LogP contribution is 2.35. The molecule has 0 aliphatic carbocycles. The molecule has 0 bridgehead atoms. The van der Waals surface area contributed by atoms with E-state index in [1.807, 2.05) is 0 Å². The normalized spacial score (nSPS) is 17.3. The van der Waals surface area contributed by atoms with Gasteiger partial charge in [-0.3, -0.25) is 9.55 Å². The third-order valence-corrected chi connectivity index (χ3v) is 4.94. The maximum absolute atomic E-state index is 13.4. The third kappa shape index (κ3) is 3.25. The van der Waals surface area contributed by atoms with Gasteiger partial charge in [0.15, 0.2) is 5.65 Å². The lowest BCUT2D eigenvalue weighted by atomic mass is 9.98. The number of aryl methyl sites for hydroxylation is 1. The van der Waals surface area contributed by atoms with E-state index in [2.05, 4.69) is 9.97 Å². The van der Waals surface area contributed by atoms with Crippen LogP contribution in [0.1, 0.15) is 24.5 Å². The molecule has 1 N–H and O–H groups in total. The second kappa shape index (κ2) is 6.53. The van der Waals surface area contributed by atoms with E-state index < -0.39 is 11.7 Å². The zero-order valence-electron chi connectivity index (χ0n) is 14.6. The number of alkyl halides is 3. The summed E-state index contributed by atoms with van der Waals surface area (Å²) in [6, 6.07) is 5.99. The summed E-state index contributed by atoms with van der Waals surface area (Å²) in [5.41, 5.74) is 1.21. The molecule has 0 amide bonds. The van der Waals surface area contributed by atoms with Crippen molar-refractivity contribution in [1.82, 2.24) is 14.5 Å². The van der Waals surface area contributed by atoms with Crippen LogP contribution in [0.15, 0.2) is 35.3 Å². The zero-order valence-corrected chi connectivity index (χ0v) is 14.6. The van der Waals surface area contributed by atoms with E-state index in [1.165, 1.54) is 16.8 Å². The van der Waals surface area contributed by atoms with Gasteiger partial charge in [0, 0.05) is 18.4 Å². The molecule has 142 valence electrons. The summed E-state index contributed by atoms with van der Waals surface area (Å²) in [5, 5.41) is 0. The summed E-state index contributed by atoms with van der Waals surface area (Å²) < 4.78 is 47.0. The van der Waals surface area contributed by atoms with E-state index in [-0.39, 0.29) is 17.4 Å². The van der Waals surface area contributed by atoms with Gasteiger partial charge in [-0.25, -0.2) is 9.78 Å². The molecule has 3 heterocycles. The number of hydrogen-bond acceptors (Lipinski definition) is 3. The van der Waals surface area contributed by atoms with E-state index in [9.17, 15) is 18.0 Å². The number of aromatic amines is 1. The van der Waals surface area contributed by atoms with Gasteiger partial charge in [0.2, 0.25) is 0 Å². The maximum atomic E-state index is 13.4. The van der Waals surface area contributed by atoms with Crippen LogP contribution in [0.25, 0.3) is 22.3 Å². The molecule has 2 aromatic heterocycles.